The zero-order valence-corrected chi connectivity index (χ0v) is 13.6. The van der Waals surface area contributed by atoms with E-state index in [-0.39, 0.29) is 11.5 Å². The molecule has 0 unspecified atom stereocenters. The normalized spacial score (nSPS) is 10.9. The summed E-state index contributed by atoms with van der Waals surface area (Å²) in [5.74, 6) is 0.245. The van der Waals surface area contributed by atoms with E-state index in [1.807, 2.05) is 13.8 Å². The third kappa shape index (κ3) is 3.26. The molecule has 5 nitrogen and oxygen atoms in total. The van der Waals surface area contributed by atoms with Crippen molar-refractivity contribution in [2.24, 2.45) is 5.92 Å². The second kappa shape index (κ2) is 6.30. The topological polar surface area (TPSA) is 72.6 Å². The van der Waals surface area contributed by atoms with E-state index >= 15 is 0 Å². The summed E-state index contributed by atoms with van der Waals surface area (Å²) >= 11 is 3.41. The summed E-state index contributed by atoms with van der Waals surface area (Å²) in [5.41, 5.74) is 1.05. The van der Waals surface area contributed by atoms with Gasteiger partial charge in [0.25, 0.3) is 0 Å². The van der Waals surface area contributed by atoms with Crippen molar-refractivity contribution in [1.29, 1.82) is 0 Å². The highest BCUT2D eigenvalue weighted by atomic mass is 79.9. The number of halogens is 1. The fraction of sp³-hybridized carbons (Fsp3) is 0.333. The maximum atomic E-state index is 11.6. The van der Waals surface area contributed by atoms with Gasteiger partial charge < -0.3 is 14.4 Å². The molecule has 1 aromatic carbocycles. The van der Waals surface area contributed by atoms with Gasteiger partial charge in [-0.3, -0.25) is 0 Å². The highest BCUT2D eigenvalue weighted by molar-refractivity contribution is 9.10. The molecule has 2 aromatic rings. The molecule has 0 saturated heterocycles. The Morgan fingerprint density at radius 2 is 2.19 bits per heavy atom. The third-order valence-electron chi connectivity index (χ3n) is 3.00. The molecule has 0 spiro atoms. The number of benzene rings is 1. The van der Waals surface area contributed by atoms with E-state index in [0.29, 0.717) is 29.2 Å². The largest absolute Gasteiger partial charge is 0.497 e. The zero-order valence-electron chi connectivity index (χ0n) is 12.0. The molecule has 1 N–H and O–H groups in total. The standard InChI is InChI=1S/C15H16BrNO4/c1-8(2)6-12-13(15(18)19)14(17-21-12)10-7-9(20-3)4-5-11(10)16/h4-5,7-8H,6H2,1-3H3,(H,18,19). The number of ether oxygens (including phenoxy) is 1. The number of rotatable bonds is 5. The van der Waals surface area contributed by atoms with Gasteiger partial charge in [0.15, 0.2) is 5.76 Å². The number of hydrogen-bond donors (Lipinski definition) is 1. The van der Waals surface area contributed by atoms with E-state index in [2.05, 4.69) is 21.1 Å². The van der Waals surface area contributed by atoms with Gasteiger partial charge in [-0.05, 0) is 24.1 Å². The Kier molecular flexibility index (Phi) is 4.67. The van der Waals surface area contributed by atoms with Crippen LogP contribution in [0, 0.1) is 5.92 Å². The Bertz CT molecular complexity index is 664. The van der Waals surface area contributed by atoms with Gasteiger partial charge in [-0.1, -0.05) is 34.9 Å². The summed E-state index contributed by atoms with van der Waals surface area (Å²) in [6.45, 7) is 3.99. The number of aromatic carboxylic acids is 1. The first-order valence-corrected chi connectivity index (χ1v) is 7.29. The van der Waals surface area contributed by atoms with Crippen LogP contribution < -0.4 is 4.74 Å². The van der Waals surface area contributed by atoms with E-state index < -0.39 is 5.97 Å². The van der Waals surface area contributed by atoms with Gasteiger partial charge in [0, 0.05) is 16.5 Å². The van der Waals surface area contributed by atoms with Crippen molar-refractivity contribution in [3.05, 3.63) is 34.0 Å². The molecular weight excluding hydrogens is 338 g/mol. The van der Waals surface area contributed by atoms with Gasteiger partial charge in [0.1, 0.15) is 17.0 Å². The highest BCUT2D eigenvalue weighted by Crippen LogP contribution is 2.34. The summed E-state index contributed by atoms with van der Waals surface area (Å²) in [7, 11) is 1.55. The summed E-state index contributed by atoms with van der Waals surface area (Å²) in [5, 5.41) is 13.4. The van der Waals surface area contributed by atoms with Crippen LogP contribution in [0.15, 0.2) is 27.2 Å². The van der Waals surface area contributed by atoms with Gasteiger partial charge >= 0.3 is 5.97 Å². The Labute approximate surface area is 131 Å². The molecule has 0 radical (unpaired) electrons. The monoisotopic (exact) mass is 353 g/mol. The summed E-state index contributed by atoms with van der Waals surface area (Å²) in [6, 6.07) is 5.30. The lowest BCUT2D eigenvalue weighted by molar-refractivity contribution is 0.0695. The fourth-order valence-electron chi connectivity index (χ4n) is 2.05. The number of nitrogens with zero attached hydrogens (tertiary/aromatic N) is 1. The van der Waals surface area contributed by atoms with Gasteiger partial charge in [-0.2, -0.15) is 0 Å². The van der Waals surface area contributed by atoms with Crippen molar-refractivity contribution in [3.63, 3.8) is 0 Å². The average molecular weight is 354 g/mol. The van der Waals surface area contributed by atoms with Crippen LogP contribution in [0.1, 0.15) is 30.0 Å². The van der Waals surface area contributed by atoms with Crippen molar-refractivity contribution in [3.8, 4) is 17.0 Å². The number of methoxy groups -OCH3 is 1. The van der Waals surface area contributed by atoms with Crippen LogP contribution in [0.2, 0.25) is 0 Å². The average Bonchev–Trinajstić information content (AvgIpc) is 2.82. The van der Waals surface area contributed by atoms with Crippen molar-refractivity contribution in [2.45, 2.75) is 20.3 Å². The second-order valence-electron chi connectivity index (χ2n) is 5.08. The minimum Gasteiger partial charge on any atom is -0.497 e. The molecule has 0 atom stereocenters. The first-order chi connectivity index (χ1) is 9.93. The number of carboxylic acids is 1. The molecule has 112 valence electrons. The quantitative estimate of drug-likeness (QED) is 0.878. The molecule has 6 heteroatoms. The summed E-state index contributed by atoms with van der Waals surface area (Å²) in [6.07, 6.45) is 0.524. The van der Waals surface area contributed by atoms with E-state index in [4.69, 9.17) is 9.26 Å². The van der Waals surface area contributed by atoms with Crippen molar-refractivity contribution >= 4 is 21.9 Å². The van der Waals surface area contributed by atoms with Crippen LogP contribution >= 0.6 is 15.9 Å². The Morgan fingerprint density at radius 1 is 1.48 bits per heavy atom. The number of carbonyl (C=O) groups is 1. The van der Waals surface area contributed by atoms with E-state index in [1.165, 1.54) is 0 Å². The van der Waals surface area contributed by atoms with Crippen LogP contribution in [0.3, 0.4) is 0 Å². The molecule has 2 rings (SSSR count). The third-order valence-corrected chi connectivity index (χ3v) is 3.69. The number of hydrogen-bond acceptors (Lipinski definition) is 4. The molecule has 0 amide bonds. The molecule has 0 bridgehead atoms. The molecule has 21 heavy (non-hydrogen) atoms. The maximum absolute atomic E-state index is 11.6. The van der Waals surface area contributed by atoms with Gasteiger partial charge in [0.05, 0.1) is 7.11 Å². The van der Waals surface area contributed by atoms with Crippen LogP contribution in [0.5, 0.6) is 5.75 Å². The number of aromatic nitrogens is 1. The molecular formula is C15H16BrNO4. The fourth-order valence-corrected chi connectivity index (χ4v) is 2.49. The van der Waals surface area contributed by atoms with Crippen LogP contribution in [0.4, 0.5) is 0 Å². The lowest BCUT2D eigenvalue weighted by atomic mass is 10.0. The highest BCUT2D eigenvalue weighted by Gasteiger charge is 2.25. The molecule has 1 heterocycles. The minimum absolute atomic E-state index is 0.109. The van der Waals surface area contributed by atoms with Crippen molar-refractivity contribution < 1.29 is 19.2 Å². The SMILES string of the molecule is COc1ccc(Br)c(-c2noc(CC(C)C)c2C(=O)O)c1. The lowest BCUT2D eigenvalue weighted by Gasteiger charge is -2.06. The molecule has 0 aliphatic carbocycles. The Hall–Kier alpha value is -1.82. The van der Waals surface area contributed by atoms with Crippen LogP contribution in [-0.2, 0) is 6.42 Å². The molecule has 0 fully saturated rings. The first-order valence-electron chi connectivity index (χ1n) is 6.49. The predicted molar refractivity (Wildman–Crippen MR) is 81.7 cm³/mol. The number of carboxylic acid groups (broad SMARTS) is 1. The molecule has 0 aliphatic rings. The molecule has 1 aromatic heterocycles. The summed E-state index contributed by atoms with van der Waals surface area (Å²) < 4.78 is 11.2. The van der Waals surface area contributed by atoms with E-state index in [1.54, 1.807) is 25.3 Å². The van der Waals surface area contributed by atoms with Crippen LogP contribution in [-0.4, -0.2) is 23.3 Å². The Balaban J connectivity index is 2.59. The first kappa shape index (κ1) is 15.6. The molecule has 0 aliphatic heterocycles. The smallest absolute Gasteiger partial charge is 0.341 e. The van der Waals surface area contributed by atoms with Gasteiger partial charge in [0.2, 0.25) is 0 Å². The Morgan fingerprint density at radius 3 is 2.76 bits per heavy atom. The second-order valence-corrected chi connectivity index (χ2v) is 5.93. The van der Waals surface area contributed by atoms with E-state index in [9.17, 15) is 9.90 Å². The van der Waals surface area contributed by atoms with Crippen molar-refractivity contribution in [2.75, 3.05) is 7.11 Å². The van der Waals surface area contributed by atoms with Crippen LogP contribution in [0.25, 0.3) is 11.3 Å². The zero-order chi connectivity index (χ0) is 15.6. The summed E-state index contributed by atoms with van der Waals surface area (Å²) in [4.78, 5) is 11.6. The van der Waals surface area contributed by atoms with Gasteiger partial charge in [-0.15, -0.1) is 0 Å². The van der Waals surface area contributed by atoms with E-state index in [0.717, 1.165) is 4.47 Å². The maximum Gasteiger partial charge on any atom is 0.341 e. The molecule has 0 saturated carbocycles. The predicted octanol–water partition coefficient (Wildman–Crippen LogP) is 4.01. The minimum atomic E-state index is -1.04. The van der Waals surface area contributed by atoms with Gasteiger partial charge in [-0.25, -0.2) is 4.79 Å². The van der Waals surface area contributed by atoms with Crippen molar-refractivity contribution in [1.82, 2.24) is 5.16 Å². The lowest BCUT2D eigenvalue weighted by Crippen LogP contribution is -2.04.